The highest BCUT2D eigenvalue weighted by molar-refractivity contribution is 6.05. The molecule has 0 saturated heterocycles. The van der Waals surface area contributed by atoms with Crippen LogP contribution in [0.4, 0.5) is 11.4 Å². The van der Waals surface area contributed by atoms with Crippen LogP contribution in [0.25, 0.3) is 0 Å². The van der Waals surface area contributed by atoms with Crippen molar-refractivity contribution >= 4 is 17.3 Å². The van der Waals surface area contributed by atoms with Crippen LogP contribution >= 0.6 is 0 Å². The van der Waals surface area contributed by atoms with E-state index < -0.39 is 0 Å². The number of nitrogens with one attached hydrogen (secondary N) is 2. The molecule has 0 unspecified atom stereocenters. The van der Waals surface area contributed by atoms with Gasteiger partial charge in [-0.2, -0.15) is 0 Å². The third-order valence-corrected chi connectivity index (χ3v) is 3.28. The van der Waals surface area contributed by atoms with Crippen molar-refractivity contribution in [3.63, 3.8) is 0 Å². The topological polar surface area (TPSA) is 67.2 Å². The maximum atomic E-state index is 12.3. The molecule has 0 aliphatic carbocycles. The Kier molecular flexibility index (Phi) is 4.38. The minimum absolute atomic E-state index is 0.105. The third-order valence-electron chi connectivity index (χ3n) is 3.28. The van der Waals surface area contributed by atoms with E-state index in [1.807, 2.05) is 37.3 Å². The molecule has 0 fully saturated rings. The van der Waals surface area contributed by atoms with E-state index in [0.717, 1.165) is 28.9 Å². The molecule has 20 heavy (non-hydrogen) atoms. The molecule has 2 aromatic rings. The van der Waals surface area contributed by atoms with Crippen molar-refractivity contribution in [2.24, 2.45) is 5.84 Å². The molecule has 4 heteroatoms. The van der Waals surface area contributed by atoms with Crippen molar-refractivity contribution < 1.29 is 4.79 Å². The van der Waals surface area contributed by atoms with Gasteiger partial charge in [0.2, 0.25) is 0 Å². The van der Waals surface area contributed by atoms with Crippen molar-refractivity contribution in [3.8, 4) is 0 Å². The second-order valence-corrected chi connectivity index (χ2v) is 4.64. The quantitative estimate of drug-likeness (QED) is 0.590. The standard InChI is InChI=1S/C16H19N3O/c1-3-12-6-4-5-7-15(12)18-16(20)14-9-8-13(19-17)10-11(14)2/h4-10,19H,3,17H2,1-2H3,(H,18,20). The van der Waals surface area contributed by atoms with E-state index in [4.69, 9.17) is 5.84 Å². The summed E-state index contributed by atoms with van der Waals surface area (Å²) in [6.07, 6.45) is 0.880. The van der Waals surface area contributed by atoms with E-state index in [0.29, 0.717) is 5.56 Å². The molecule has 0 atom stereocenters. The highest BCUT2D eigenvalue weighted by Gasteiger charge is 2.11. The number of carbonyl (C=O) groups is 1. The second kappa shape index (κ2) is 6.21. The Bertz CT molecular complexity index is 623. The van der Waals surface area contributed by atoms with Crippen LogP contribution in [-0.4, -0.2) is 5.91 Å². The van der Waals surface area contributed by atoms with E-state index in [1.54, 1.807) is 12.1 Å². The molecule has 0 aromatic heterocycles. The van der Waals surface area contributed by atoms with Gasteiger partial charge in [-0.3, -0.25) is 10.6 Å². The molecule has 1 amide bonds. The molecule has 0 bridgehead atoms. The summed E-state index contributed by atoms with van der Waals surface area (Å²) in [6.45, 7) is 3.96. The number of nitrogens with two attached hydrogens (primary N) is 1. The largest absolute Gasteiger partial charge is 0.324 e. The molecule has 2 rings (SSSR count). The van der Waals surface area contributed by atoms with E-state index in [1.165, 1.54) is 0 Å². The van der Waals surface area contributed by atoms with Crippen molar-refractivity contribution in [2.75, 3.05) is 10.7 Å². The van der Waals surface area contributed by atoms with Gasteiger partial charge in [0.25, 0.3) is 5.91 Å². The molecular formula is C16H19N3O. The van der Waals surface area contributed by atoms with Gasteiger partial charge in [0.05, 0.1) is 0 Å². The lowest BCUT2D eigenvalue weighted by atomic mass is 10.1. The van der Waals surface area contributed by atoms with E-state index in [9.17, 15) is 4.79 Å². The maximum absolute atomic E-state index is 12.3. The molecule has 0 heterocycles. The van der Waals surface area contributed by atoms with Crippen molar-refractivity contribution in [3.05, 3.63) is 59.2 Å². The Morgan fingerprint density at radius 2 is 1.95 bits per heavy atom. The molecule has 0 aliphatic heterocycles. The third kappa shape index (κ3) is 2.97. The normalized spacial score (nSPS) is 10.2. The number of rotatable bonds is 4. The van der Waals surface area contributed by atoms with Crippen LogP contribution in [0.15, 0.2) is 42.5 Å². The number of carbonyl (C=O) groups excluding carboxylic acids is 1. The van der Waals surface area contributed by atoms with Gasteiger partial charge in [-0.1, -0.05) is 25.1 Å². The van der Waals surface area contributed by atoms with Gasteiger partial charge in [0.1, 0.15) is 0 Å². The Labute approximate surface area is 119 Å². The number of amides is 1. The van der Waals surface area contributed by atoms with E-state index >= 15 is 0 Å². The SMILES string of the molecule is CCc1ccccc1NC(=O)c1ccc(NN)cc1C. The van der Waals surface area contributed by atoms with Crippen LogP contribution in [-0.2, 0) is 6.42 Å². The Morgan fingerprint density at radius 1 is 1.20 bits per heavy atom. The number of hydrogen-bond donors (Lipinski definition) is 3. The van der Waals surface area contributed by atoms with Crippen LogP contribution < -0.4 is 16.6 Å². The highest BCUT2D eigenvalue weighted by Crippen LogP contribution is 2.19. The summed E-state index contributed by atoms with van der Waals surface area (Å²) in [5.41, 5.74) is 6.87. The average Bonchev–Trinajstić information content (AvgIpc) is 2.47. The van der Waals surface area contributed by atoms with Gasteiger partial charge in [-0.05, 0) is 48.7 Å². The number of benzene rings is 2. The highest BCUT2D eigenvalue weighted by atomic mass is 16.1. The van der Waals surface area contributed by atoms with Crippen LogP contribution in [0.3, 0.4) is 0 Å². The lowest BCUT2D eigenvalue weighted by Crippen LogP contribution is -2.15. The number of nitrogen functional groups attached to an aromatic ring is 1. The molecule has 0 radical (unpaired) electrons. The first-order valence-electron chi connectivity index (χ1n) is 6.62. The Morgan fingerprint density at radius 3 is 2.60 bits per heavy atom. The van der Waals surface area contributed by atoms with Crippen molar-refractivity contribution in [2.45, 2.75) is 20.3 Å². The summed E-state index contributed by atoms with van der Waals surface area (Å²) in [4.78, 5) is 12.3. The fourth-order valence-corrected chi connectivity index (χ4v) is 2.15. The Balaban J connectivity index is 2.24. The van der Waals surface area contributed by atoms with Crippen molar-refractivity contribution in [1.82, 2.24) is 0 Å². The molecule has 4 nitrogen and oxygen atoms in total. The summed E-state index contributed by atoms with van der Waals surface area (Å²) < 4.78 is 0. The van der Waals surface area contributed by atoms with Gasteiger partial charge >= 0.3 is 0 Å². The minimum Gasteiger partial charge on any atom is -0.324 e. The van der Waals surface area contributed by atoms with Gasteiger partial charge in [-0.25, -0.2) is 0 Å². The monoisotopic (exact) mass is 269 g/mol. The van der Waals surface area contributed by atoms with Crippen LogP contribution in [0.1, 0.15) is 28.4 Å². The first-order valence-corrected chi connectivity index (χ1v) is 6.62. The number of anilines is 2. The molecule has 104 valence electrons. The fraction of sp³-hybridized carbons (Fsp3) is 0.188. The number of hydrogen-bond acceptors (Lipinski definition) is 3. The van der Waals surface area contributed by atoms with E-state index in [-0.39, 0.29) is 5.91 Å². The summed E-state index contributed by atoms with van der Waals surface area (Å²) in [5.74, 6) is 5.25. The molecule has 0 aliphatic rings. The van der Waals surface area contributed by atoms with Crippen LogP contribution in [0, 0.1) is 6.92 Å². The lowest BCUT2D eigenvalue weighted by molar-refractivity contribution is 0.102. The molecule has 0 saturated carbocycles. The molecule has 0 spiro atoms. The molecule has 2 aromatic carbocycles. The van der Waals surface area contributed by atoms with Gasteiger partial charge < -0.3 is 10.7 Å². The molecule has 4 N–H and O–H groups in total. The number of aryl methyl sites for hydroxylation is 2. The summed E-state index contributed by atoms with van der Waals surface area (Å²) in [5, 5.41) is 2.97. The zero-order chi connectivity index (χ0) is 14.5. The average molecular weight is 269 g/mol. The smallest absolute Gasteiger partial charge is 0.255 e. The zero-order valence-corrected chi connectivity index (χ0v) is 11.7. The molecular weight excluding hydrogens is 250 g/mol. The van der Waals surface area contributed by atoms with Gasteiger partial charge in [-0.15, -0.1) is 0 Å². The predicted octanol–water partition coefficient (Wildman–Crippen LogP) is 3.10. The Hall–Kier alpha value is -2.33. The number of hydrazine groups is 1. The van der Waals surface area contributed by atoms with E-state index in [2.05, 4.69) is 17.7 Å². The van der Waals surface area contributed by atoms with Crippen molar-refractivity contribution in [1.29, 1.82) is 0 Å². The number of para-hydroxylation sites is 1. The summed E-state index contributed by atoms with van der Waals surface area (Å²) in [6, 6.07) is 13.2. The maximum Gasteiger partial charge on any atom is 0.255 e. The summed E-state index contributed by atoms with van der Waals surface area (Å²) >= 11 is 0. The minimum atomic E-state index is -0.105. The van der Waals surface area contributed by atoms with Crippen LogP contribution in [0.2, 0.25) is 0 Å². The van der Waals surface area contributed by atoms with Crippen LogP contribution in [0.5, 0.6) is 0 Å². The fourth-order valence-electron chi connectivity index (χ4n) is 2.15. The first-order chi connectivity index (χ1) is 9.65. The van der Waals surface area contributed by atoms with Gasteiger partial charge in [0.15, 0.2) is 0 Å². The first kappa shape index (κ1) is 14.1. The second-order valence-electron chi connectivity index (χ2n) is 4.64. The zero-order valence-electron chi connectivity index (χ0n) is 11.7. The summed E-state index contributed by atoms with van der Waals surface area (Å²) in [7, 11) is 0. The lowest BCUT2D eigenvalue weighted by Gasteiger charge is -2.12. The van der Waals surface area contributed by atoms with Gasteiger partial charge in [0, 0.05) is 16.9 Å². The predicted molar refractivity (Wildman–Crippen MR) is 82.8 cm³/mol.